The Balaban J connectivity index is 1.99. The summed E-state index contributed by atoms with van der Waals surface area (Å²) < 4.78 is 0. The van der Waals surface area contributed by atoms with Crippen molar-refractivity contribution >= 4 is 0 Å². The Bertz CT molecular complexity index is 873. The smallest absolute Gasteiger partial charge is 0.122 e. The summed E-state index contributed by atoms with van der Waals surface area (Å²) in [4.78, 5) is 0. The number of hydrogen-bond donors (Lipinski definition) is 2. The van der Waals surface area contributed by atoms with Crippen molar-refractivity contribution < 1.29 is 10.2 Å². The normalized spacial score (nSPS) is 12.7. The van der Waals surface area contributed by atoms with Crippen LogP contribution in [-0.2, 0) is 23.7 Å². The van der Waals surface area contributed by atoms with E-state index in [1.54, 1.807) is 0 Å². The molecule has 0 spiro atoms. The lowest BCUT2D eigenvalue weighted by Crippen LogP contribution is -2.13. The van der Waals surface area contributed by atoms with E-state index in [1.807, 2.05) is 0 Å². The van der Waals surface area contributed by atoms with Crippen molar-refractivity contribution in [1.82, 2.24) is 0 Å². The van der Waals surface area contributed by atoms with Gasteiger partial charge in [-0.25, -0.2) is 0 Å². The predicted octanol–water partition coefficient (Wildman–Crippen LogP) is 9.29. The molecule has 2 heteroatoms. The highest BCUT2D eigenvalue weighted by Crippen LogP contribution is 2.39. The summed E-state index contributed by atoms with van der Waals surface area (Å²) in [6.07, 6.45) is 6.90. The van der Waals surface area contributed by atoms with Crippen LogP contribution in [0.1, 0.15) is 140 Å². The van der Waals surface area contributed by atoms with Gasteiger partial charge in [0.25, 0.3) is 0 Å². The number of aromatic hydroxyl groups is 2. The van der Waals surface area contributed by atoms with E-state index in [9.17, 15) is 10.2 Å². The molecule has 2 aromatic carbocycles. The molecule has 0 aliphatic heterocycles. The lowest BCUT2D eigenvalue weighted by Gasteiger charge is -2.24. The van der Waals surface area contributed by atoms with Crippen molar-refractivity contribution in [2.75, 3.05) is 0 Å². The molecule has 2 rings (SSSR count). The molecule has 2 N–H and O–H groups in total. The van der Waals surface area contributed by atoms with Gasteiger partial charge in [-0.1, -0.05) is 106 Å². The van der Waals surface area contributed by atoms with Gasteiger partial charge < -0.3 is 10.2 Å². The van der Waals surface area contributed by atoms with E-state index in [4.69, 9.17) is 0 Å². The van der Waals surface area contributed by atoms with Crippen LogP contribution >= 0.6 is 0 Å². The topological polar surface area (TPSA) is 40.5 Å². The molecular formula is C32H50O2. The van der Waals surface area contributed by atoms with E-state index in [1.165, 1.54) is 36.8 Å². The van der Waals surface area contributed by atoms with Crippen molar-refractivity contribution in [2.45, 2.75) is 130 Å². The fourth-order valence-electron chi connectivity index (χ4n) is 4.76. The maximum atomic E-state index is 10.8. The van der Waals surface area contributed by atoms with Gasteiger partial charge in [-0.15, -0.1) is 0 Å². The fourth-order valence-corrected chi connectivity index (χ4v) is 4.76. The van der Waals surface area contributed by atoms with Crippen LogP contribution in [0, 0.1) is 0 Å². The van der Waals surface area contributed by atoms with Gasteiger partial charge >= 0.3 is 0 Å². The Kier molecular flexibility index (Phi) is 9.30. The first kappa shape index (κ1) is 28.3. The Labute approximate surface area is 209 Å². The largest absolute Gasteiger partial charge is 0.507 e. The number of unbranched alkanes of at least 4 members (excludes halogenated alkanes) is 3. The standard InChI is InChI=1S/C32H50O2/c1-21(2)25-17-23(19-27(29(25)33)31(5,6)7)15-13-11-12-14-16-24-18-26(22(3)4)30(34)28(20-24)32(8,9)10/h17-22,33-34H,11-16H2,1-10H3. The molecular weight excluding hydrogens is 416 g/mol. The van der Waals surface area contributed by atoms with Crippen LogP contribution in [0.2, 0.25) is 0 Å². The van der Waals surface area contributed by atoms with E-state index < -0.39 is 0 Å². The van der Waals surface area contributed by atoms with E-state index in [0.29, 0.717) is 23.3 Å². The van der Waals surface area contributed by atoms with Crippen LogP contribution in [0.15, 0.2) is 24.3 Å². The minimum atomic E-state index is -0.0609. The van der Waals surface area contributed by atoms with Crippen molar-refractivity contribution in [3.05, 3.63) is 57.6 Å². The first-order chi connectivity index (χ1) is 15.6. The molecule has 0 amide bonds. The van der Waals surface area contributed by atoms with E-state index in [2.05, 4.69) is 93.5 Å². The molecule has 190 valence electrons. The summed E-state index contributed by atoms with van der Waals surface area (Å²) in [7, 11) is 0. The average molecular weight is 467 g/mol. The molecule has 0 bridgehead atoms. The molecule has 0 atom stereocenters. The number of benzene rings is 2. The van der Waals surface area contributed by atoms with Gasteiger partial charge in [-0.3, -0.25) is 0 Å². The van der Waals surface area contributed by atoms with Gasteiger partial charge in [0.2, 0.25) is 0 Å². The molecule has 2 aromatic rings. The molecule has 0 unspecified atom stereocenters. The third kappa shape index (κ3) is 7.27. The monoisotopic (exact) mass is 466 g/mol. The van der Waals surface area contributed by atoms with Crippen LogP contribution < -0.4 is 0 Å². The minimum absolute atomic E-state index is 0.0609. The zero-order chi connectivity index (χ0) is 25.8. The van der Waals surface area contributed by atoms with Crippen molar-refractivity contribution in [3.8, 4) is 11.5 Å². The zero-order valence-corrected chi connectivity index (χ0v) is 23.6. The highest BCUT2D eigenvalue weighted by atomic mass is 16.3. The van der Waals surface area contributed by atoms with Crippen molar-refractivity contribution in [1.29, 1.82) is 0 Å². The second kappa shape index (κ2) is 11.2. The highest BCUT2D eigenvalue weighted by Gasteiger charge is 2.23. The van der Waals surface area contributed by atoms with Gasteiger partial charge in [0, 0.05) is 0 Å². The number of aryl methyl sites for hydroxylation is 2. The van der Waals surface area contributed by atoms with E-state index in [0.717, 1.165) is 35.1 Å². The maximum Gasteiger partial charge on any atom is 0.122 e. The van der Waals surface area contributed by atoms with Gasteiger partial charge in [0.15, 0.2) is 0 Å². The molecule has 0 saturated heterocycles. The first-order valence-electron chi connectivity index (χ1n) is 13.4. The molecule has 34 heavy (non-hydrogen) atoms. The summed E-state index contributed by atoms with van der Waals surface area (Å²) in [6, 6.07) is 8.87. The summed E-state index contributed by atoms with van der Waals surface area (Å²) >= 11 is 0. The van der Waals surface area contributed by atoms with E-state index >= 15 is 0 Å². The van der Waals surface area contributed by atoms with Gasteiger partial charge in [0.05, 0.1) is 0 Å². The second-order valence-corrected chi connectivity index (χ2v) is 12.9. The van der Waals surface area contributed by atoms with Gasteiger partial charge in [-0.05, 0) is 81.7 Å². The highest BCUT2D eigenvalue weighted by molar-refractivity contribution is 5.49. The summed E-state index contributed by atoms with van der Waals surface area (Å²) in [5.74, 6) is 1.60. The van der Waals surface area contributed by atoms with Gasteiger partial charge in [0.1, 0.15) is 11.5 Å². The Hall–Kier alpha value is -1.96. The number of phenols is 2. The summed E-state index contributed by atoms with van der Waals surface area (Å²) in [5.41, 5.74) is 6.86. The summed E-state index contributed by atoms with van der Waals surface area (Å²) in [6.45, 7) is 21.7. The second-order valence-electron chi connectivity index (χ2n) is 12.9. The SMILES string of the molecule is CC(C)c1cc(CCCCCCc2cc(C(C)C)c(O)c(C(C)(C)C)c2)cc(C(C)(C)C)c1O. The number of phenolic OH excluding ortho intramolecular Hbond substituents is 2. The molecule has 0 radical (unpaired) electrons. The first-order valence-corrected chi connectivity index (χ1v) is 13.4. The predicted molar refractivity (Wildman–Crippen MR) is 148 cm³/mol. The van der Waals surface area contributed by atoms with Crippen LogP contribution in [-0.4, -0.2) is 10.2 Å². The van der Waals surface area contributed by atoms with Crippen LogP contribution in [0.3, 0.4) is 0 Å². The number of hydrogen-bond acceptors (Lipinski definition) is 2. The molecule has 2 nitrogen and oxygen atoms in total. The third-order valence-corrected chi connectivity index (χ3v) is 6.94. The van der Waals surface area contributed by atoms with Crippen LogP contribution in [0.4, 0.5) is 0 Å². The molecule has 0 heterocycles. The minimum Gasteiger partial charge on any atom is -0.507 e. The average Bonchev–Trinajstić information content (AvgIpc) is 2.70. The Morgan fingerprint density at radius 3 is 1.15 bits per heavy atom. The maximum absolute atomic E-state index is 10.8. The lowest BCUT2D eigenvalue weighted by molar-refractivity contribution is 0.436. The Morgan fingerprint density at radius 2 is 0.882 bits per heavy atom. The molecule has 0 fully saturated rings. The zero-order valence-electron chi connectivity index (χ0n) is 23.6. The lowest BCUT2D eigenvalue weighted by atomic mass is 9.81. The van der Waals surface area contributed by atoms with Crippen LogP contribution in [0.25, 0.3) is 0 Å². The van der Waals surface area contributed by atoms with Gasteiger partial charge in [-0.2, -0.15) is 0 Å². The quantitative estimate of drug-likeness (QED) is 0.361. The molecule has 0 aliphatic carbocycles. The third-order valence-electron chi connectivity index (χ3n) is 6.94. The Morgan fingerprint density at radius 1 is 0.559 bits per heavy atom. The number of rotatable bonds is 9. The fraction of sp³-hybridized carbons (Fsp3) is 0.625. The molecule has 0 aliphatic rings. The summed E-state index contributed by atoms with van der Waals surface area (Å²) in [5, 5.41) is 21.6. The van der Waals surface area contributed by atoms with Crippen molar-refractivity contribution in [3.63, 3.8) is 0 Å². The van der Waals surface area contributed by atoms with Crippen LogP contribution in [0.5, 0.6) is 11.5 Å². The van der Waals surface area contributed by atoms with Crippen molar-refractivity contribution in [2.24, 2.45) is 0 Å². The molecule has 0 saturated carbocycles. The molecule has 0 aromatic heterocycles. The van der Waals surface area contributed by atoms with E-state index in [-0.39, 0.29) is 10.8 Å².